The van der Waals surface area contributed by atoms with Crippen LogP contribution in [0.1, 0.15) is 12.5 Å². The number of hydrogen-bond acceptors (Lipinski definition) is 2. The van der Waals surface area contributed by atoms with Gasteiger partial charge in [0.2, 0.25) is 0 Å². The minimum atomic E-state index is -0.392. The van der Waals surface area contributed by atoms with Crippen molar-refractivity contribution in [3.8, 4) is 5.75 Å². The van der Waals surface area contributed by atoms with Gasteiger partial charge in [-0.1, -0.05) is 36.4 Å². The first kappa shape index (κ1) is 9.81. The Hall–Kier alpha value is -1.28. The number of hydrogen-bond donors (Lipinski definition) is 0. The van der Waals surface area contributed by atoms with Crippen LogP contribution in [-0.4, -0.2) is 5.97 Å². The first-order valence-electron chi connectivity index (χ1n) is 3.74. The zero-order valence-electron chi connectivity index (χ0n) is 7.21. The zero-order valence-corrected chi connectivity index (χ0v) is 7.97. The van der Waals surface area contributed by atoms with Crippen molar-refractivity contribution in [3.63, 3.8) is 0 Å². The second-order valence-corrected chi connectivity index (χ2v) is 2.86. The Morgan fingerprint density at radius 2 is 2.31 bits per heavy atom. The highest BCUT2D eigenvalue weighted by Crippen LogP contribution is 2.29. The molecule has 1 aromatic carbocycles. The molecule has 0 amide bonds. The lowest BCUT2D eigenvalue weighted by atomic mass is 10.2. The molecule has 68 valence electrons. The summed E-state index contributed by atoms with van der Waals surface area (Å²) in [5.41, 5.74) is 0.711. The fourth-order valence-electron chi connectivity index (χ4n) is 0.938. The number of benzene rings is 1. The predicted molar refractivity (Wildman–Crippen MR) is 52.9 cm³/mol. The van der Waals surface area contributed by atoms with Gasteiger partial charge in [0.25, 0.3) is 0 Å². The Balaban J connectivity index is 3.14. The molecule has 3 heteroatoms. The van der Waals surface area contributed by atoms with Gasteiger partial charge in [-0.05, 0) is 6.07 Å². The number of esters is 1. The second-order valence-electron chi connectivity index (χ2n) is 2.46. The number of para-hydroxylation sites is 1. The summed E-state index contributed by atoms with van der Waals surface area (Å²) in [7, 11) is 0. The first-order chi connectivity index (χ1) is 6.15. The van der Waals surface area contributed by atoms with Gasteiger partial charge < -0.3 is 4.74 Å². The van der Waals surface area contributed by atoms with E-state index in [1.807, 2.05) is 0 Å². The predicted octanol–water partition coefficient (Wildman–Crippen LogP) is 2.91. The van der Waals surface area contributed by atoms with E-state index in [1.165, 1.54) is 6.92 Å². The van der Waals surface area contributed by atoms with E-state index < -0.39 is 5.97 Å². The standard InChI is InChI=1S/C10H9ClO2/c1-3-8-5-4-6-9(11)10(8)13-7(2)12/h3-6H,1H2,2H3. The lowest BCUT2D eigenvalue weighted by molar-refractivity contribution is -0.131. The fourth-order valence-corrected chi connectivity index (χ4v) is 1.16. The fraction of sp³-hybridized carbons (Fsp3) is 0.100. The van der Waals surface area contributed by atoms with Crippen molar-refractivity contribution in [1.82, 2.24) is 0 Å². The highest BCUT2D eigenvalue weighted by molar-refractivity contribution is 6.32. The van der Waals surface area contributed by atoms with Gasteiger partial charge >= 0.3 is 5.97 Å². The molecule has 1 aromatic rings. The van der Waals surface area contributed by atoms with E-state index in [2.05, 4.69) is 6.58 Å². The summed E-state index contributed by atoms with van der Waals surface area (Å²) < 4.78 is 4.92. The zero-order chi connectivity index (χ0) is 9.84. The van der Waals surface area contributed by atoms with Crippen LogP contribution in [0.3, 0.4) is 0 Å². The van der Waals surface area contributed by atoms with Crippen LogP contribution < -0.4 is 4.74 Å². The number of halogens is 1. The maximum absolute atomic E-state index is 10.7. The van der Waals surface area contributed by atoms with Gasteiger partial charge in [0.05, 0.1) is 5.02 Å². The normalized spacial score (nSPS) is 9.38. The van der Waals surface area contributed by atoms with Crippen LogP contribution in [-0.2, 0) is 4.79 Å². The molecule has 0 aliphatic heterocycles. The van der Waals surface area contributed by atoms with E-state index in [1.54, 1.807) is 24.3 Å². The Labute approximate surface area is 81.8 Å². The number of ether oxygens (including phenoxy) is 1. The van der Waals surface area contributed by atoms with Crippen LogP contribution in [0.2, 0.25) is 5.02 Å². The topological polar surface area (TPSA) is 26.3 Å². The number of rotatable bonds is 2. The number of carbonyl (C=O) groups is 1. The molecule has 0 saturated heterocycles. The molecule has 0 unspecified atom stereocenters. The quantitative estimate of drug-likeness (QED) is 0.537. The molecule has 0 heterocycles. The van der Waals surface area contributed by atoms with Gasteiger partial charge in [-0.3, -0.25) is 4.79 Å². The van der Waals surface area contributed by atoms with Crippen molar-refractivity contribution in [2.75, 3.05) is 0 Å². The molecule has 0 aromatic heterocycles. The van der Waals surface area contributed by atoms with Crippen LogP contribution in [0.5, 0.6) is 5.75 Å². The molecule has 0 radical (unpaired) electrons. The van der Waals surface area contributed by atoms with E-state index in [9.17, 15) is 4.79 Å². The van der Waals surface area contributed by atoms with Gasteiger partial charge in [0, 0.05) is 12.5 Å². The third-order valence-corrected chi connectivity index (χ3v) is 1.76. The summed E-state index contributed by atoms with van der Waals surface area (Å²) in [6, 6.07) is 5.20. The first-order valence-corrected chi connectivity index (χ1v) is 4.12. The summed E-state index contributed by atoms with van der Waals surface area (Å²) >= 11 is 5.83. The molecule has 0 aliphatic carbocycles. The molecule has 1 rings (SSSR count). The monoisotopic (exact) mass is 196 g/mol. The summed E-state index contributed by atoms with van der Waals surface area (Å²) in [5, 5.41) is 0.410. The molecule has 2 nitrogen and oxygen atoms in total. The minimum absolute atomic E-state index is 0.367. The lowest BCUT2D eigenvalue weighted by Crippen LogP contribution is -2.03. The van der Waals surface area contributed by atoms with Gasteiger partial charge in [-0.15, -0.1) is 0 Å². The maximum atomic E-state index is 10.7. The average Bonchev–Trinajstić information content (AvgIpc) is 2.08. The van der Waals surface area contributed by atoms with Crippen LogP contribution >= 0.6 is 11.6 Å². The molecular formula is C10H9ClO2. The Morgan fingerprint density at radius 1 is 1.62 bits per heavy atom. The molecule has 0 atom stereocenters. The smallest absolute Gasteiger partial charge is 0.308 e. The molecule has 0 fully saturated rings. The largest absolute Gasteiger partial charge is 0.424 e. The molecular weight excluding hydrogens is 188 g/mol. The van der Waals surface area contributed by atoms with E-state index >= 15 is 0 Å². The van der Waals surface area contributed by atoms with E-state index in [0.717, 1.165) is 0 Å². The van der Waals surface area contributed by atoms with Crippen LogP contribution in [0.25, 0.3) is 6.08 Å². The van der Waals surface area contributed by atoms with Crippen molar-refractivity contribution < 1.29 is 9.53 Å². The summed E-state index contributed by atoms with van der Waals surface area (Å²) in [5.74, 6) is -0.0251. The third-order valence-electron chi connectivity index (χ3n) is 1.46. The summed E-state index contributed by atoms with van der Waals surface area (Å²) in [4.78, 5) is 10.7. The van der Waals surface area contributed by atoms with Crippen molar-refractivity contribution in [1.29, 1.82) is 0 Å². The average molecular weight is 197 g/mol. The van der Waals surface area contributed by atoms with Crippen molar-refractivity contribution in [2.24, 2.45) is 0 Å². The molecule has 0 saturated carbocycles. The third kappa shape index (κ3) is 2.33. The summed E-state index contributed by atoms with van der Waals surface area (Å²) in [6.45, 7) is 4.92. The Bertz CT molecular complexity index is 345. The van der Waals surface area contributed by atoms with Crippen molar-refractivity contribution >= 4 is 23.6 Å². The van der Waals surface area contributed by atoms with Gasteiger partial charge in [-0.25, -0.2) is 0 Å². The van der Waals surface area contributed by atoms with Crippen LogP contribution in [0.4, 0.5) is 0 Å². The van der Waals surface area contributed by atoms with Gasteiger partial charge in [0.15, 0.2) is 5.75 Å². The molecule has 0 aliphatic rings. The van der Waals surface area contributed by atoms with E-state index in [0.29, 0.717) is 16.3 Å². The number of carbonyl (C=O) groups excluding carboxylic acids is 1. The molecule has 0 bridgehead atoms. The second kappa shape index (κ2) is 4.10. The van der Waals surface area contributed by atoms with Gasteiger partial charge in [0.1, 0.15) is 0 Å². The SMILES string of the molecule is C=Cc1cccc(Cl)c1OC(C)=O. The van der Waals surface area contributed by atoms with Gasteiger partial charge in [-0.2, -0.15) is 0 Å². The minimum Gasteiger partial charge on any atom is -0.424 e. The molecule has 0 spiro atoms. The van der Waals surface area contributed by atoms with Crippen molar-refractivity contribution in [3.05, 3.63) is 35.4 Å². The molecule has 0 N–H and O–H groups in total. The van der Waals surface area contributed by atoms with Crippen LogP contribution in [0, 0.1) is 0 Å². The lowest BCUT2D eigenvalue weighted by Gasteiger charge is -2.06. The highest BCUT2D eigenvalue weighted by atomic mass is 35.5. The Kier molecular flexibility index (Phi) is 3.09. The summed E-state index contributed by atoms with van der Waals surface area (Å²) in [6.07, 6.45) is 1.59. The van der Waals surface area contributed by atoms with E-state index in [-0.39, 0.29) is 0 Å². The molecule has 13 heavy (non-hydrogen) atoms. The van der Waals surface area contributed by atoms with E-state index in [4.69, 9.17) is 16.3 Å². The highest BCUT2D eigenvalue weighted by Gasteiger charge is 2.07. The maximum Gasteiger partial charge on any atom is 0.308 e. The Morgan fingerprint density at radius 3 is 2.85 bits per heavy atom. The van der Waals surface area contributed by atoms with Crippen molar-refractivity contribution in [2.45, 2.75) is 6.92 Å². The van der Waals surface area contributed by atoms with Crippen LogP contribution in [0.15, 0.2) is 24.8 Å².